The van der Waals surface area contributed by atoms with Gasteiger partial charge in [-0.15, -0.1) is 0 Å². The van der Waals surface area contributed by atoms with Crippen LogP contribution in [0.15, 0.2) is 47.4 Å². The van der Waals surface area contributed by atoms with Crippen molar-refractivity contribution in [3.05, 3.63) is 63.2 Å². The van der Waals surface area contributed by atoms with Gasteiger partial charge in [-0.1, -0.05) is 11.6 Å². The van der Waals surface area contributed by atoms with Crippen molar-refractivity contribution in [3.63, 3.8) is 0 Å². The van der Waals surface area contributed by atoms with E-state index in [-0.39, 0.29) is 40.5 Å². The number of nitrogens with zero attached hydrogens (tertiary/aromatic N) is 3. The lowest BCUT2D eigenvalue weighted by molar-refractivity contribution is -0.385. The number of amides is 1. The van der Waals surface area contributed by atoms with Crippen LogP contribution in [0.1, 0.15) is 18.4 Å². The van der Waals surface area contributed by atoms with Crippen LogP contribution in [-0.2, 0) is 14.8 Å². The molecule has 0 aromatic heterocycles. The Balaban J connectivity index is 1.67. The largest absolute Gasteiger partial charge is 0.326 e. The minimum absolute atomic E-state index is 0.0901. The van der Waals surface area contributed by atoms with Crippen LogP contribution < -0.4 is 5.32 Å². The van der Waals surface area contributed by atoms with E-state index in [4.69, 9.17) is 16.9 Å². The molecule has 0 saturated carbocycles. The summed E-state index contributed by atoms with van der Waals surface area (Å²) in [7, 11) is -4.03. The van der Waals surface area contributed by atoms with Crippen LogP contribution in [0, 0.1) is 27.4 Å². The topological polar surface area (TPSA) is 133 Å². The maximum absolute atomic E-state index is 12.9. The first-order valence-electron chi connectivity index (χ1n) is 8.97. The Bertz CT molecular complexity index is 1120. The number of piperidine rings is 1. The molecule has 1 aliphatic rings. The molecule has 2 aromatic rings. The third-order valence-electron chi connectivity index (χ3n) is 4.85. The number of nitrogens with one attached hydrogen (secondary N) is 1. The number of non-ortho nitro benzene ring substituents is 1. The molecule has 0 bridgehead atoms. The Morgan fingerprint density at radius 2 is 1.83 bits per heavy atom. The van der Waals surface area contributed by atoms with E-state index in [1.165, 1.54) is 10.4 Å². The van der Waals surface area contributed by atoms with Gasteiger partial charge in [-0.3, -0.25) is 14.9 Å². The van der Waals surface area contributed by atoms with E-state index in [9.17, 15) is 23.3 Å². The lowest BCUT2D eigenvalue weighted by atomic mass is 9.97. The molecule has 2 aromatic carbocycles. The zero-order valence-electron chi connectivity index (χ0n) is 15.6. The van der Waals surface area contributed by atoms with Crippen molar-refractivity contribution in [2.24, 2.45) is 5.92 Å². The molecule has 9 nitrogen and oxygen atoms in total. The summed E-state index contributed by atoms with van der Waals surface area (Å²) in [5, 5.41) is 22.4. The maximum Gasteiger partial charge on any atom is 0.270 e. The quantitative estimate of drug-likeness (QED) is 0.551. The number of benzene rings is 2. The number of sulfonamides is 1. The highest BCUT2D eigenvalue weighted by Crippen LogP contribution is 2.31. The average Bonchev–Trinajstić information content (AvgIpc) is 2.74. The molecule has 3 rings (SSSR count). The van der Waals surface area contributed by atoms with Gasteiger partial charge in [-0.05, 0) is 43.2 Å². The maximum atomic E-state index is 12.9. The van der Waals surface area contributed by atoms with Crippen LogP contribution in [-0.4, -0.2) is 36.6 Å². The number of nitro benzene ring substituents is 1. The first-order chi connectivity index (χ1) is 14.2. The van der Waals surface area contributed by atoms with Crippen molar-refractivity contribution in [1.29, 1.82) is 5.26 Å². The molecule has 0 radical (unpaired) electrons. The van der Waals surface area contributed by atoms with Crippen LogP contribution in [0.2, 0.25) is 5.02 Å². The molecule has 156 valence electrons. The highest BCUT2D eigenvalue weighted by molar-refractivity contribution is 7.89. The van der Waals surface area contributed by atoms with Crippen molar-refractivity contribution in [1.82, 2.24) is 4.31 Å². The Morgan fingerprint density at radius 3 is 2.40 bits per heavy atom. The fourth-order valence-electron chi connectivity index (χ4n) is 3.17. The minimum Gasteiger partial charge on any atom is -0.326 e. The van der Waals surface area contributed by atoms with Gasteiger partial charge in [-0.25, -0.2) is 8.42 Å². The number of nitriles is 1. The van der Waals surface area contributed by atoms with Crippen molar-refractivity contribution < 1.29 is 18.1 Å². The molecular formula is C19H17ClN4O5S. The number of carbonyl (C=O) groups excluding carboxylic acids is 1. The standard InChI is InChI=1S/C19H17ClN4O5S/c20-17-6-5-16(24(26)27)11-18(17)30(28,29)23-9-7-14(8-10-23)19(25)22-15-3-1-13(12-21)2-4-15/h1-6,11,14H,7-10H2,(H,22,25). The minimum atomic E-state index is -4.03. The second-order valence-electron chi connectivity index (χ2n) is 6.73. The van der Waals surface area contributed by atoms with Gasteiger partial charge in [0.25, 0.3) is 5.69 Å². The van der Waals surface area contributed by atoms with E-state index in [0.717, 1.165) is 12.1 Å². The zero-order chi connectivity index (χ0) is 21.9. The number of rotatable bonds is 5. The number of anilines is 1. The summed E-state index contributed by atoms with van der Waals surface area (Å²) in [4.78, 5) is 22.4. The van der Waals surface area contributed by atoms with Gasteiger partial charge >= 0.3 is 0 Å². The van der Waals surface area contributed by atoms with E-state index in [0.29, 0.717) is 24.1 Å². The second kappa shape index (κ2) is 8.79. The zero-order valence-corrected chi connectivity index (χ0v) is 17.2. The fraction of sp³-hybridized carbons (Fsp3) is 0.263. The average molecular weight is 449 g/mol. The molecule has 0 atom stereocenters. The number of nitro groups is 1. The van der Waals surface area contributed by atoms with Crippen LogP contribution >= 0.6 is 11.6 Å². The SMILES string of the molecule is N#Cc1ccc(NC(=O)C2CCN(S(=O)(=O)c3cc([N+](=O)[O-])ccc3Cl)CC2)cc1. The van der Waals surface area contributed by atoms with Crippen LogP contribution in [0.5, 0.6) is 0 Å². The van der Waals surface area contributed by atoms with E-state index >= 15 is 0 Å². The summed E-state index contributed by atoms with van der Waals surface area (Å²) < 4.78 is 27.0. The summed E-state index contributed by atoms with van der Waals surface area (Å²) in [5.41, 5.74) is 0.665. The van der Waals surface area contributed by atoms with Gasteiger partial charge in [0, 0.05) is 36.8 Å². The summed E-state index contributed by atoms with van der Waals surface area (Å²) in [6.45, 7) is 0.180. The normalized spacial score (nSPS) is 15.3. The monoisotopic (exact) mass is 448 g/mol. The number of hydrogen-bond acceptors (Lipinski definition) is 6. The lowest BCUT2D eigenvalue weighted by Crippen LogP contribution is -2.41. The first kappa shape index (κ1) is 21.7. The summed E-state index contributed by atoms with van der Waals surface area (Å²) in [5.74, 6) is -0.613. The van der Waals surface area contributed by atoms with Crippen LogP contribution in [0.3, 0.4) is 0 Å². The summed E-state index contributed by atoms with van der Waals surface area (Å²) >= 11 is 5.98. The number of hydrogen-bond donors (Lipinski definition) is 1. The molecule has 0 spiro atoms. The van der Waals surface area contributed by atoms with E-state index in [2.05, 4.69) is 5.32 Å². The van der Waals surface area contributed by atoms with Crippen LogP contribution in [0.4, 0.5) is 11.4 Å². The number of carbonyl (C=O) groups is 1. The molecule has 0 unspecified atom stereocenters. The summed E-state index contributed by atoms with van der Waals surface area (Å²) in [6.07, 6.45) is 0.599. The molecule has 1 aliphatic heterocycles. The predicted molar refractivity (Wildman–Crippen MR) is 109 cm³/mol. The van der Waals surface area contributed by atoms with Gasteiger partial charge in [0.1, 0.15) is 4.90 Å². The van der Waals surface area contributed by atoms with Crippen molar-refractivity contribution in [2.45, 2.75) is 17.7 Å². The van der Waals surface area contributed by atoms with Gasteiger partial charge in [0.15, 0.2) is 0 Å². The Morgan fingerprint density at radius 1 is 1.20 bits per heavy atom. The molecule has 30 heavy (non-hydrogen) atoms. The highest BCUT2D eigenvalue weighted by Gasteiger charge is 2.34. The molecule has 1 N–H and O–H groups in total. The highest BCUT2D eigenvalue weighted by atomic mass is 35.5. The van der Waals surface area contributed by atoms with Gasteiger partial charge in [0.05, 0.1) is 21.6 Å². The van der Waals surface area contributed by atoms with Crippen molar-refractivity contribution >= 4 is 38.9 Å². The van der Waals surface area contributed by atoms with Crippen LogP contribution in [0.25, 0.3) is 0 Å². The third kappa shape index (κ3) is 4.59. The molecule has 1 amide bonds. The smallest absolute Gasteiger partial charge is 0.270 e. The second-order valence-corrected chi connectivity index (χ2v) is 9.04. The van der Waals surface area contributed by atoms with Gasteiger partial charge in [0.2, 0.25) is 15.9 Å². The molecule has 1 saturated heterocycles. The fourth-order valence-corrected chi connectivity index (χ4v) is 5.14. The molecule has 1 fully saturated rings. The Labute approximate surface area is 178 Å². The van der Waals surface area contributed by atoms with Crippen molar-refractivity contribution in [3.8, 4) is 6.07 Å². The summed E-state index contributed by atoms with van der Waals surface area (Å²) in [6, 6.07) is 11.7. The first-order valence-corrected chi connectivity index (χ1v) is 10.8. The molecular weight excluding hydrogens is 432 g/mol. The number of halogens is 1. The predicted octanol–water partition coefficient (Wildman–Crippen LogP) is 3.16. The van der Waals surface area contributed by atoms with E-state index in [1.54, 1.807) is 24.3 Å². The van der Waals surface area contributed by atoms with Gasteiger partial charge in [-0.2, -0.15) is 9.57 Å². The molecule has 1 heterocycles. The van der Waals surface area contributed by atoms with E-state index < -0.39 is 14.9 Å². The van der Waals surface area contributed by atoms with E-state index in [1.807, 2.05) is 6.07 Å². The third-order valence-corrected chi connectivity index (χ3v) is 7.23. The Kier molecular flexibility index (Phi) is 6.36. The lowest BCUT2D eigenvalue weighted by Gasteiger charge is -2.30. The molecule has 0 aliphatic carbocycles. The van der Waals surface area contributed by atoms with Gasteiger partial charge < -0.3 is 5.32 Å². The molecule has 11 heteroatoms. The Hall–Kier alpha value is -3.00. The van der Waals surface area contributed by atoms with Crippen molar-refractivity contribution in [2.75, 3.05) is 18.4 Å².